The van der Waals surface area contributed by atoms with E-state index in [0.29, 0.717) is 22.4 Å². The van der Waals surface area contributed by atoms with E-state index in [1.54, 1.807) is 50.4 Å². The first-order valence-electron chi connectivity index (χ1n) is 7.54. The Morgan fingerprint density at radius 2 is 2.21 bits per heavy atom. The Kier molecular flexibility index (Phi) is 3.96. The number of amides is 1. The minimum atomic E-state index is -0.973. The highest BCUT2D eigenvalue weighted by Gasteiger charge is 2.43. The molecule has 122 valence electrons. The fourth-order valence-electron chi connectivity index (χ4n) is 2.75. The lowest BCUT2D eigenvalue weighted by Crippen LogP contribution is -2.53. The van der Waals surface area contributed by atoms with Crippen LogP contribution in [0.1, 0.15) is 41.4 Å². The van der Waals surface area contributed by atoms with Crippen LogP contribution in [0, 0.1) is 11.3 Å². The molecular formula is C18H17N3O3. The van der Waals surface area contributed by atoms with Crippen LogP contribution in [0.3, 0.4) is 0 Å². The molecule has 2 atom stereocenters. The number of ether oxygens (including phenoxy) is 1. The number of aromatic nitrogens is 1. The van der Waals surface area contributed by atoms with Gasteiger partial charge in [-0.15, -0.1) is 0 Å². The summed E-state index contributed by atoms with van der Waals surface area (Å²) in [5.74, 6) is 0.193. The van der Waals surface area contributed by atoms with Gasteiger partial charge in [0.25, 0.3) is 5.91 Å². The highest BCUT2D eigenvalue weighted by atomic mass is 16.5. The predicted molar refractivity (Wildman–Crippen MR) is 86.3 cm³/mol. The zero-order valence-electron chi connectivity index (χ0n) is 13.4. The van der Waals surface area contributed by atoms with Crippen molar-refractivity contribution < 1.29 is 14.6 Å². The molecule has 1 aliphatic heterocycles. The summed E-state index contributed by atoms with van der Waals surface area (Å²) in [5.41, 5.74) is 0.531. The molecule has 0 fully saturated rings. The number of benzene rings is 1. The molecule has 3 rings (SSSR count). The highest BCUT2D eigenvalue weighted by Crippen LogP contribution is 2.40. The van der Waals surface area contributed by atoms with E-state index in [9.17, 15) is 9.90 Å². The molecule has 2 aromatic rings. The van der Waals surface area contributed by atoms with Gasteiger partial charge in [-0.3, -0.25) is 9.78 Å². The molecule has 0 radical (unpaired) electrons. The van der Waals surface area contributed by atoms with Gasteiger partial charge >= 0.3 is 0 Å². The van der Waals surface area contributed by atoms with E-state index < -0.39 is 17.7 Å². The van der Waals surface area contributed by atoms with Gasteiger partial charge in [0.15, 0.2) is 0 Å². The van der Waals surface area contributed by atoms with Crippen molar-refractivity contribution in [2.75, 3.05) is 0 Å². The van der Waals surface area contributed by atoms with Gasteiger partial charge in [-0.25, -0.2) is 0 Å². The number of pyridine rings is 1. The highest BCUT2D eigenvalue weighted by molar-refractivity contribution is 5.94. The van der Waals surface area contributed by atoms with Crippen molar-refractivity contribution in [1.29, 1.82) is 5.26 Å². The molecule has 1 aliphatic rings. The van der Waals surface area contributed by atoms with Gasteiger partial charge in [-0.1, -0.05) is 0 Å². The Labute approximate surface area is 139 Å². The molecule has 0 aliphatic carbocycles. The van der Waals surface area contributed by atoms with E-state index in [0.717, 1.165) is 0 Å². The van der Waals surface area contributed by atoms with Crippen LogP contribution in [0.25, 0.3) is 0 Å². The normalized spacial score (nSPS) is 21.1. The molecule has 0 bridgehead atoms. The molecule has 0 spiro atoms. The number of carbonyl (C=O) groups excluding carboxylic acids is 1. The van der Waals surface area contributed by atoms with Gasteiger partial charge < -0.3 is 15.2 Å². The smallest absolute Gasteiger partial charge is 0.253 e. The summed E-state index contributed by atoms with van der Waals surface area (Å²) in [4.78, 5) is 16.4. The van der Waals surface area contributed by atoms with Crippen LogP contribution in [0.15, 0.2) is 42.7 Å². The fourth-order valence-corrected chi connectivity index (χ4v) is 2.75. The fraction of sp³-hybridized carbons (Fsp3) is 0.278. The zero-order valence-corrected chi connectivity index (χ0v) is 13.4. The average molecular weight is 323 g/mol. The van der Waals surface area contributed by atoms with Crippen LogP contribution >= 0.6 is 0 Å². The first kappa shape index (κ1) is 16.0. The number of nitrogens with zero attached hydrogens (tertiary/aromatic N) is 2. The quantitative estimate of drug-likeness (QED) is 0.881. The molecule has 1 unspecified atom stereocenters. The number of aliphatic hydroxyl groups excluding tert-OH is 1. The monoisotopic (exact) mass is 323 g/mol. The minimum absolute atomic E-state index is 0.349. The van der Waals surface area contributed by atoms with Crippen LogP contribution in [0.4, 0.5) is 0 Å². The Hall–Kier alpha value is -2.91. The number of nitriles is 1. The molecule has 2 N–H and O–H groups in total. The first-order chi connectivity index (χ1) is 11.4. The number of nitrogens with one attached hydrogen (secondary N) is 1. The Balaban J connectivity index is 1.99. The Bertz CT molecular complexity index is 812. The van der Waals surface area contributed by atoms with Crippen LogP contribution in [0.2, 0.25) is 0 Å². The maximum absolute atomic E-state index is 12.5. The molecule has 0 saturated carbocycles. The van der Waals surface area contributed by atoms with Crippen molar-refractivity contribution >= 4 is 5.91 Å². The third-order valence-corrected chi connectivity index (χ3v) is 4.09. The zero-order chi connectivity index (χ0) is 17.3. The molecule has 6 heteroatoms. The number of fused-ring (bicyclic) bond motifs is 1. The summed E-state index contributed by atoms with van der Waals surface area (Å²) in [6, 6.07) is 9.64. The Morgan fingerprint density at radius 3 is 2.88 bits per heavy atom. The van der Waals surface area contributed by atoms with Crippen LogP contribution in [-0.2, 0) is 0 Å². The van der Waals surface area contributed by atoms with E-state index in [1.165, 1.54) is 6.20 Å². The number of aliphatic hydroxyl groups is 1. The van der Waals surface area contributed by atoms with Crippen LogP contribution in [-0.4, -0.2) is 27.7 Å². The van der Waals surface area contributed by atoms with Gasteiger partial charge in [-0.05, 0) is 44.2 Å². The van der Waals surface area contributed by atoms with Gasteiger partial charge in [0.2, 0.25) is 0 Å². The van der Waals surface area contributed by atoms with E-state index in [2.05, 4.69) is 16.4 Å². The van der Waals surface area contributed by atoms with Gasteiger partial charge in [-0.2, -0.15) is 5.26 Å². The summed E-state index contributed by atoms with van der Waals surface area (Å²) in [5, 5.41) is 22.6. The first-order valence-corrected chi connectivity index (χ1v) is 7.54. The van der Waals surface area contributed by atoms with Crippen molar-refractivity contribution in [1.82, 2.24) is 10.3 Å². The van der Waals surface area contributed by atoms with E-state index in [4.69, 9.17) is 10.00 Å². The van der Waals surface area contributed by atoms with E-state index in [-0.39, 0.29) is 5.91 Å². The molecule has 0 saturated heterocycles. The van der Waals surface area contributed by atoms with E-state index >= 15 is 0 Å². The third-order valence-electron chi connectivity index (χ3n) is 4.09. The second kappa shape index (κ2) is 5.95. The van der Waals surface area contributed by atoms with E-state index in [1.807, 2.05) is 0 Å². The van der Waals surface area contributed by atoms with Crippen LogP contribution in [0.5, 0.6) is 5.75 Å². The summed E-state index contributed by atoms with van der Waals surface area (Å²) < 4.78 is 5.83. The van der Waals surface area contributed by atoms with Gasteiger partial charge in [0.1, 0.15) is 17.5 Å². The number of carbonyl (C=O) groups is 1. The lowest BCUT2D eigenvalue weighted by molar-refractivity contribution is -0.0627. The molecule has 1 aromatic carbocycles. The molecular weight excluding hydrogens is 306 g/mol. The molecule has 1 aromatic heterocycles. The standard InChI is InChI=1S/C18H17N3O3/c1-18(2)16(22)15(21-17(23)12-4-3-7-20-10-12)13-8-11(9-19)5-6-14(13)24-18/h3-8,10,15-16,22H,1-2H3,(H,21,23)/t15?,16-/m0/s1. The van der Waals surface area contributed by atoms with Crippen molar-refractivity contribution in [3.05, 3.63) is 59.4 Å². The Morgan fingerprint density at radius 1 is 1.42 bits per heavy atom. The predicted octanol–water partition coefficient (Wildman–Crippen LogP) is 1.96. The second-order valence-corrected chi connectivity index (χ2v) is 6.21. The molecule has 6 nitrogen and oxygen atoms in total. The van der Waals surface area contributed by atoms with Gasteiger partial charge in [0.05, 0.1) is 23.2 Å². The lowest BCUT2D eigenvalue weighted by atomic mass is 9.86. The summed E-state index contributed by atoms with van der Waals surface area (Å²) in [7, 11) is 0. The topological polar surface area (TPSA) is 95.2 Å². The van der Waals surface area contributed by atoms with Crippen molar-refractivity contribution in [2.45, 2.75) is 31.6 Å². The average Bonchev–Trinajstić information content (AvgIpc) is 2.59. The summed E-state index contributed by atoms with van der Waals surface area (Å²) >= 11 is 0. The summed E-state index contributed by atoms with van der Waals surface area (Å²) in [6.45, 7) is 3.50. The summed E-state index contributed by atoms with van der Waals surface area (Å²) in [6.07, 6.45) is 2.07. The second-order valence-electron chi connectivity index (χ2n) is 6.21. The maximum atomic E-state index is 12.5. The van der Waals surface area contributed by atoms with Crippen molar-refractivity contribution in [2.24, 2.45) is 0 Å². The largest absolute Gasteiger partial charge is 0.485 e. The third kappa shape index (κ3) is 2.82. The molecule has 24 heavy (non-hydrogen) atoms. The van der Waals surface area contributed by atoms with Gasteiger partial charge in [0, 0.05) is 18.0 Å². The molecule has 1 amide bonds. The SMILES string of the molecule is CC1(C)Oc2ccc(C#N)cc2C(NC(=O)c2cccnc2)[C@@H]1O. The van der Waals surface area contributed by atoms with Crippen molar-refractivity contribution in [3.8, 4) is 11.8 Å². The maximum Gasteiger partial charge on any atom is 0.253 e. The van der Waals surface area contributed by atoms with Crippen molar-refractivity contribution in [3.63, 3.8) is 0 Å². The lowest BCUT2D eigenvalue weighted by Gasteiger charge is -2.42. The van der Waals surface area contributed by atoms with Crippen LogP contribution < -0.4 is 10.1 Å². The number of rotatable bonds is 2. The molecule has 2 heterocycles. The number of hydrogen-bond donors (Lipinski definition) is 2. The number of hydrogen-bond acceptors (Lipinski definition) is 5. The minimum Gasteiger partial charge on any atom is -0.485 e.